The number of halogens is 3. The molecule has 4 rings (SSSR count). The third-order valence-corrected chi connectivity index (χ3v) is 5.42. The van der Waals surface area contributed by atoms with Gasteiger partial charge in [0.25, 0.3) is 5.91 Å². The molecule has 2 N–H and O–H groups in total. The van der Waals surface area contributed by atoms with Gasteiger partial charge in [-0.2, -0.15) is 13.2 Å². The molecule has 0 saturated heterocycles. The first-order valence-corrected chi connectivity index (χ1v) is 10.9. The second-order valence-electron chi connectivity index (χ2n) is 8.06. The van der Waals surface area contributed by atoms with E-state index in [1.54, 1.807) is 57.0 Å². The molecule has 2 heterocycles. The van der Waals surface area contributed by atoms with Gasteiger partial charge in [0.15, 0.2) is 0 Å². The van der Waals surface area contributed by atoms with Gasteiger partial charge in [-0.25, -0.2) is 4.68 Å². The van der Waals surface area contributed by atoms with E-state index in [0.29, 0.717) is 28.3 Å². The van der Waals surface area contributed by atoms with Crippen LogP contribution in [0.3, 0.4) is 0 Å². The van der Waals surface area contributed by atoms with Crippen LogP contribution in [0, 0.1) is 6.92 Å². The van der Waals surface area contributed by atoms with Crippen molar-refractivity contribution in [2.45, 2.75) is 19.6 Å². The number of aromatic nitrogens is 4. The molecule has 0 aliphatic heterocycles. The Kier molecular flexibility index (Phi) is 7.02. The molecule has 2 aromatic heterocycles. The fraction of sp³-hybridized carbons (Fsp3) is 0.200. The van der Waals surface area contributed by atoms with Crippen LogP contribution in [0.2, 0.25) is 0 Å². The molecule has 11 heteroatoms. The minimum Gasteiger partial charge on any atom is -0.495 e. The van der Waals surface area contributed by atoms with Crippen LogP contribution in [0.5, 0.6) is 5.75 Å². The van der Waals surface area contributed by atoms with Gasteiger partial charge in [-0.05, 0) is 61.5 Å². The number of pyridine rings is 1. The highest BCUT2D eigenvalue weighted by Gasteiger charge is 2.31. The van der Waals surface area contributed by atoms with Crippen LogP contribution >= 0.6 is 0 Å². The first-order chi connectivity index (χ1) is 17.2. The van der Waals surface area contributed by atoms with Crippen LogP contribution in [0.15, 0.2) is 61.1 Å². The van der Waals surface area contributed by atoms with E-state index in [4.69, 9.17) is 4.74 Å². The van der Waals surface area contributed by atoms with Gasteiger partial charge in [0.1, 0.15) is 11.4 Å². The number of alkyl halides is 3. The van der Waals surface area contributed by atoms with Gasteiger partial charge >= 0.3 is 6.18 Å². The van der Waals surface area contributed by atoms with Gasteiger partial charge < -0.3 is 15.4 Å². The number of rotatable bonds is 7. The van der Waals surface area contributed by atoms with Crippen molar-refractivity contribution in [2.75, 3.05) is 19.5 Å². The van der Waals surface area contributed by atoms with E-state index < -0.39 is 17.6 Å². The summed E-state index contributed by atoms with van der Waals surface area (Å²) in [5.74, 6) is 0.0210. The highest BCUT2D eigenvalue weighted by molar-refractivity contribution is 6.04. The summed E-state index contributed by atoms with van der Waals surface area (Å²) in [7, 11) is 3.17. The number of nitrogens with zero attached hydrogens (tertiary/aromatic N) is 4. The van der Waals surface area contributed by atoms with E-state index >= 15 is 0 Å². The molecule has 2 aromatic carbocycles. The van der Waals surface area contributed by atoms with E-state index in [1.807, 2.05) is 6.92 Å². The van der Waals surface area contributed by atoms with Gasteiger partial charge in [0, 0.05) is 29.6 Å². The summed E-state index contributed by atoms with van der Waals surface area (Å²) in [5, 5.41) is 13.8. The Morgan fingerprint density at radius 3 is 2.64 bits per heavy atom. The molecule has 0 atom stereocenters. The predicted octanol–water partition coefficient (Wildman–Crippen LogP) is 4.64. The van der Waals surface area contributed by atoms with Crippen molar-refractivity contribution in [3.8, 4) is 22.7 Å². The van der Waals surface area contributed by atoms with Crippen LogP contribution in [0.4, 0.5) is 18.9 Å². The maximum Gasteiger partial charge on any atom is 0.416 e. The average molecular weight is 496 g/mol. The summed E-state index contributed by atoms with van der Waals surface area (Å²) in [4.78, 5) is 17.1. The monoisotopic (exact) mass is 496 g/mol. The highest BCUT2D eigenvalue weighted by atomic mass is 19.4. The zero-order valence-corrected chi connectivity index (χ0v) is 19.7. The molecule has 0 aliphatic rings. The average Bonchev–Trinajstić information content (AvgIpc) is 3.34. The van der Waals surface area contributed by atoms with Crippen LogP contribution in [0.25, 0.3) is 16.9 Å². The van der Waals surface area contributed by atoms with Gasteiger partial charge in [0.05, 0.1) is 30.8 Å². The Morgan fingerprint density at radius 2 is 1.92 bits per heavy atom. The molecule has 4 aromatic rings. The Bertz CT molecular complexity index is 1400. The highest BCUT2D eigenvalue weighted by Crippen LogP contribution is 2.32. The number of amides is 1. The first kappa shape index (κ1) is 24.9. The largest absolute Gasteiger partial charge is 0.495 e. The number of hydrogen-bond acceptors (Lipinski definition) is 6. The SMILES string of the molecule is CNCc1cc(NC(=O)c2ccc(C)c(-n3cc(-c4cncc(OC)c4)nn3)c2)cc(C(F)(F)F)c1. The van der Waals surface area contributed by atoms with Crippen LogP contribution < -0.4 is 15.4 Å². The third kappa shape index (κ3) is 5.52. The lowest BCUT2D eigenvalue weighted by atomic mass is 10.1. The zero-order chi connectivity index (χ0) is 25.9. The number of nitrogens with one attached hydrogen (secondary N) is 2. The lowest BCUT2D eigenvalue weighted by Gasteiger charge is -2.14. The number of aryl methyl sites for hydroxylation is 1. The predicted molar refractivity (Wildman–Crippen MR) is 128 cm³/mol. The summed E-state index contributed by atoms with van der Waals surface area (Å²) in [6.07, 6.45) is 0.359. The Hall–Kier alpha value is -4.25. The molecule has 0 bridgehead atoms. The molecule has 0 spiro atoms. The second kappa shape index (κ2) is 10.2. The fourth-order valence-corrected chi connectivity index (χ4v) is 3.62. The fourth-order valence-electron chi connectivity index (χ4n) is 3.62. The van der Waals surface area contributed by atoms with Crippen molar-refractivity contribution < 1.29 is 22.7 Å². The second-order valence-corrected chi connectivity index (χ2v) is 8.06. The molecule has 0 fully saturated rings. The topological polar surface area (TPSA) is 94.0 Å². The Labute approximate surface area is 205 Å². The van der Waals surface area contributed by atoms with E-state index in [-0.39, 0.29) is 17.8 Å². The van der Waals surface area contributed by atoms with E-state index in [0.717, 1.165) is 17.7 Å². The van der Waals surface area contributed by atoms with Crippen molar-refractivity contribution in [3.05, 3.63) is 83.3 Å². The molecular weight excluding hydrogens is 473 g/mol. The van der Waals surface area contributed by atoms with Crippen molar-refractivity contribution in [1.82, 2.24) is 25.3 Å². The number of hydrogen-bond donors (Lipinski definition) is 2. The summed E-state index contributed by atoms with van der Waals surface area (Å²) < 4.78 is 46.7. The molecule has 0 saturated carbocycles. The molecule has 0 aliphatic carbocycles. The van der Waals surface area contributed by atoms with Crippen molar-refractivity contribution in [1.29, 1.82) is 0 Å². The van der Waals surface area contributed by atoms with E-state index in [9.17, 15) is 18.0 Å². The van der Waals surface area contributed by atoms with Crippen molar-refractivity contribution >= 4 is 11.6 Å². The normalized spacial score (nSPS) is 11.4. The van der Waals surface area contributed by atoms with Gasteiger partial charge in [-0.15, -0.1) is 5.10 Å². The molecule has 36 heavy (non-hydrogen) atoms. The Balaban J connectivity index is 1.62. The summed E-state index contributed by atoms with van der Waals surface area (Å²) in [5.41, 5.74) is 2.54. The summed E-state index contributed by atoms with van der Waals surface area (Å²) in [6.45, 7) is 2.07. The molecule has 186 valence electrons. The minimum absolute atomic E-state index is 0.0516. The van der Waals surface area contributed by atoms with Gasteiger partial charge in [0.2, 0.25) is 0 Å². The number of anilines is 1. The quantitative estimate of drug-likeness (QED) is 0.387. The lowest BCUT2D eigenvalue weighted by Crippen LogP contribution is -2.15. The van der Waals surface area contributed by atoms with Gasteiger partial charge in [-0.3, -0.25) is 9.78 Å². The number of carbonyl (C=O) groups excluding carboxylic acids is 1. The molecule has 1 amide bonds. The Morgan fingerprint density at radius 1 is 1.11 bits per heavy atom. The van der Waals surface area contributed by atoms with E-state index in [1.165, 1.54) is 10.7 Å². The third-order valence-electron chi connectivity index (χ3n) is 5.42. The number of benzene rings is 2. The van der Waals surface area contributed by atoms with Crippen LogP contribution in [-0.4, -0.2) is 40.0 Å². The summed E-state index contributed by atoms with van der Waals surface area (Å²) >= 11 is 0. The molecule has 0 radical (unpaired) electrons. The molecule has 0 unspecified atom stereocenters. The standard InChI is InChI=1S/C25H23F3N6O2/c1-15-4-5-17(24(35)31-20-7-16(11-29-2)6-19(10-20)25(26,27)28)9-23(15)34-14-22(32-33-34)18-8-21(36-3)13-30-12-18/h4-10,12-14,29H,11H2,1-3H3,(H,31,35). The minimum atomic E-state index is -4.54. The molecule has 8 nitrogen and oxygen atoms in total. The number of methoxy groups -OCH3 is 1. The van der Waals surface area contributed by atoms with Crippen molar-refractivity contribution in [3.63, 3.8) is 0 Å². The number of ether oxygens (including phenoxy) is 1. The maximum atomic E-state index is 13.3. The van der Waals surface area contributed by atoms with Gasteiger partial charge in [-0.1, -0.05) is 11.3 Å². The zero-order valence-electron chi connectivity index (χ0n) is 19.7. The number of carbonyl (C=O) groups is 1. The van der Waals surface area contributed by atoms with Crippen molar-refractivity contribution in [2.24, 2.45) is 0 Å². The molecular formula is C25H23F3N6O2. The van der Waals surface area contributed by atoms with Crippen LogP contribution in [0.1, 0.15) is 27.0 Å². The maximum absolute atomic E-state index is 13.3. The summed E-state index contributed by atoms with van der Waals surface area (Å²) in [6, 6.07) is 10.2. The smallest absolute Gasteiger partial charge is 0.416 e. The van der Waals surface area contributed by atoms with Crippen LogP contribution in [-0.2, 0) is 12.7 Å². The first-order valence-electron chi connectivity index (χ1n) is 10.9. The van der Waals surface area contributed by atoms with E-state index in [2.05, 4.69) is 25.9 Å². The lowest BCUT2D eigenvalue weighted by molar-refractivity contribution is -0.137.